The molecule has 1 N–H and O–H groups in total. The lowest BCUT2D eigenvalue weighted by Crippen LogP contribution is -2.46. The molecule has 3 aromatic rings. The molecule has 0 radical (unpaired) electrons. The van der Waals surface area contributed by atoms with Crippen LogP contribution in [-0.2, 0) is 9.53 Å². The molecule has 2 aromatic carbocycles. The zero-order valence-electron chi connectivity index (χ0n) is 24.7. The summed E-state index contributed by atoms with van der Waals surface area (Å²) >= 11 is 0. The second kappa shape index (κ2) is 13.0. The highest BCUT2D eigenvalue weighted by molar-refractivity contribution is 5.93. The molecule has 3 aliphatic rings. The van der Waals surface area contributed by atoms with E-state index in [4.69, 9.17) is 4.74 Å². The summed E-state index contributed by atoms with van der Waals surface area (Å²) in [5.74, 6) is 0.0675. The Labute approximate surface area is 248 Å². The van der Waals surface area contributed by atoms with E-state index in [2.05, 4.69) is 49.7 Å². The molecule has 0 bridgehead atoms. The Morgan fingerprint density at radius 2 is 1.76 bits per heavy atom. The molecule has 0 amide bonds. The van der Waals surface area contributed by atoms with Crippen LogP contribution < -0.4 is 0 Å². The van der Waals surface area contributed by atoms with Crippen molar-refractivity contribution in [1.29, 1.82) is 0 Å². The maximum Gasteiger partial charge on any atom is 0.338 e. The Kier molecular flexibility index (Phi) is 8.91. The molecule has 3 atom stereocenters. The summed E-state index contributed by atoms with van der Waals surface area (Å²) in [4.78, 5) is 34.2. The van der Waals surface area contributed by atoms with Crippen molar-refractivity contribution >= 4 is 23.0 Å². The lowest BCUT2D eigenvalue weighted by atomic mass is 9.83. The van der Waals surface area contributed by atoms with Crippen LogP contribution in [0.15, 0.2) is 54.9 Å². The van der Waals surface area contributed by atoms with Gasteiger partial charge < -0.3 is 19.3 Å². The van der Waals surface area contributed by atoms with Gasteiger partial charge >= 0.3 is 11.9 Å². The number of nitrogens with zero attached hydrogens (tertiary/aromatic N) is 4. The molecule has 2 saturated heterocycles. The van der Waals surface area contributed by atoms with Crippen molar-refractivity contribution < 1.29 is 19.4 Å². The summed E-state index contributed by atoms with van der Waals surface area (Å²) in [5, 5.41) is 10.3. The number of imidazole rings is 1. The van der Waals surface area contributed by atoms with Crippen LogP contribution in [0.2, 0.25) is 0 Å². The number of aliphatic carboxylic acids is 1. The summed E-state index contributed by atoms with van der Waals surface area (Å²) in [7, 11) is 0. The molecule has 3 heterocycles. The fraction of sp³-hybridized carbons (Fsp3) is 0.559. The van der Waals surface area contributed by atoms with Crippen molar-refractivity contribution in [1.82, 2.24) is 19.4 Å². The minimum atomic E-state index is -0.642. The van der Waals surface area contributed by atoms with Crippen LogP contribution in [0, 0.1) is 11.8 Å². The van der Waals surface area contributed by atoms with Crippen molar-refractivity contribution in [3.8, 4) is 0 Å². The number of likely N-dealkylation sites (tertiary alicyclic amines) is 2. The molecule has 8 nitrogen and oxygen atoms in total. The summed E-state index contributed by atoms with van der Waals surface area (Å²) < 4.78 is 7.42. The number of fused-ring (bicyclic) bond motifs is 1. The van der Waals surface area contributed by atoms with Gasteiger partial charge in [-0.1, -0.05) is 49.6 Å². The summed E-state index contributed by atoms with van der Waals surface area (Å²) in [6.45, 7) is 6.85. The Morgan fingerprint density at radius 1 is 1.00 bits per heavy atom. The van der Waals surface area contributed by atoms with E-state index >= 15 is 0 Å². The molecule has 1 aromatic heterocycles. The van der Waals surface area contributed by atoms with Crippen LogP contribution in [-0.4, -0.2) is 81.8 Å². The van der Waals surface area contributed by atoms with Crippen molar-refractivity contribution in [3.05, 3.63) is 66.0 Å². The van der Waals surface area contributed by atoms with Crippen LogP contribution in [0.4, 0.5) is 0 Å². The Balaban J connectivity index is 1.13. The number of hydrogen-bond donors (Lipinski definition) is 1. The topological polar surface area (TPSA) is 87.9 Å². The first-order chi connectivity index (χ1) is 20.5. The van der Waals surface area contributed by atoms with Crippen molar-refractivity contribution in [3.63, 3.8) is 0 Å². The summed E-state index contributed by atoms with van der Waals surface area (Å²) in [6.07, 6.45) is 9.61. The van der Waals surface area contributed by atoms with E-state index < -0.39 is 5.97 Å². The molecular weight excluding hydrogens is 528 g/mol. The number of benzene rings is 2. The lowest BCUT2D eigenvalue weighted by Gasteiger charge is -2.36. The Hall–Kier alpha value is -3.23. The third kappa shape index (κ3) is 6.11. The highest BCUT2D eigenvalue weighted by Crippen LogP contribution is 2.39. The molecule has 0 spiro atoms. The van der Waals surface area contributed by atoms with Crippen molar-refractivity contribution in [2.45, 2.75) is 69.9 Å². The number of carboxylic acid groups (broad SMARTS) is 1. The summed E-state index contributed by atoms with van der Waals surface area (Å²) in [6, 6.07) is 16.4. The smallest absolute Gasteiger partial charge is 0.338 e. The monoisotopic (exact) mass is 572 g/mol. The van der Waals surface area contributed by atoms with Gasteiger partial charge in [0.15, 0.2) is 0 Å². The predicted molar refractivity (Wildman–Crippen MR) is 163 cm³/mol. The molecule has 2 aliphatic heterocycles. The fourth-order valence-electron chi connectivity index (χ4n) is 7.88. The first-order valence-electron chi connectivity index (χ1n) is 15.9. The lowest BCUT2D eigenvalue weighted by molar-refractivity contribution is -0.145. The minimum absolute atomic E-state index is 0.264. The van der Waals surface area contributed by atoms with E-state index in [-0.39, 0.29) is 17.9 Å². The molecule has 3 fully saturated rings. The van der Waals surface area contributed by atoms with Gasteiger partial charge in [-0.3, -0.25) is 9.69 Å². The average Bonchev–Trinajstić information content (AvgIpc) is 3.63. The van der Waals surface area contributed by atoms with Crippen molar-refractivity contribution in [2.24, 2.45) is 11.8 Å². The van der Waals surface area contributed by atoms with Gasteiger partial charge in [-0.2, -0.15) is 0 Å². The molecule has 6 rings (SSSR count). The van der Waals surface area contributed by atoms with E-state index in [0.29, 0.717) is 30.0 Å². The quantitative estimate of drug-likeness (QED) is 0.334. The molecule has 8 heteroatoms. The van der Waals surface area contributed by atoms with Gasteiger partial charge in [0.2, 0.25) is 0 Å². The molecule has 1 saturated carbocycles. The maximum atomic E-state index is 12.6. The average molecular weight is 573 g/mol. The standard InChI is InChI=1S/C34H44N4O4/c1-2-42-34(41)26-13-14-31-30(19-26)35-23-38(31)28-15-17-36(18-16-28)20-27-21-37(22-29(27)24-9-5-3-6-10-24)32(33(39)40)25-11-7-4-8-12-25/h3,5-6,9-10,13-14,19,23,25,27-29,32H,2,4,7-8,11-12,15-18,20-22H2,1H3,(H,39,40)/t27?,29-,32-/m0/s1. The maximum absolute atomic E-state index is 12.6. The van der Waals surface area contributed by atoms with Gasteiger partial charge in [0, 0.05) is 44.7 Å². The third-order valence-corrected chi connectivity index (χ3v) is 9.97. The largest absolute Gasteiger partial charge is 0.480 e. The van der Waals surface area contributed by atoms with Gasteiger partial charge in [0.1, 0.15) is 6.04 Å². The van der Waals surface area contributed by atoms with Gasteiger partial charge in [-0.25, -0.2) is 9.78 Å². The zero-order chi connectivity index (χ0) is 29.1. The number of esters is 1. The normalized spacial score (nSPS) is 23.7. The molecule has 42 heavy (non-hydrogen) atoms. The Bertz CT molecular complexity index is 1360. The highest BCUT2D eigenvalue weighted by atomic mass is 16.5. The van der Waals surface area contributed by atoms with Crippen LogP contribution in [0.5, 0.6) is 0 Å². The number of hydrogen-bond acceptors (Lipinski definition) is 6. The molecule has 1 aliphatic carbocycles. The summed E-state index contributed by atoms with van der Waals surface area (Å²) in [5.41, 5.74) is 3.75. The van der Waals surface area contributed by atoms with Crippen LogP contribution in [0.25, 0.3) is 11.0 Å². The third-order valence-electron chi connectivity index (χ3n) is 9.97. The zero-order valence-corrected chi connectivity index (χ0v) is 24.7. The second-order valence-electron chi connectivity index (χ2n) is 12.5. The van der Waals surface area contributed by atoms with Gasteiger partial charge in [-0.15, -0.1) is 0 Å². The number of piperidine rings is 1. The molecule has 1 unspecified atom stereocenters. The first-order valence-corrected chi connectivity index (χ1v) is 15.9. The number of carbonyl (C=O) groups excluding carboxylic acids is 1. The van der Waals surface area contributed by atoms with Crippen LogP contribution in [0.3, 0.4) is 0 Å². The van der Waals surface area contributed by atoms with E-state index in [1.54, 1.807) is 0 Å². The first kappa shape index (κ1) is 28.9. The second-order valence-corrected chi connectivity index (χ2v) is 12.5. The predicted octanol–water partition coefficient (Wildman–Crippen LogP) is 5.60. The number of rotatable bonds is 9. The SMILES string of the molecule is CCOC(=O)c1ccc2c(c1)ncn2C1CCN(CC2CN([C@H](C(=O)O)C3CCCCC3)C[C@H]2c2ccccc2)CC1. The minimum Gasteiger partial charge on any atom is -0.480 e. The van der Waals surface area contributed by atoms with E-state index in [9.17, 15) is 14.7 Å². The van der Waals surface area contributed by atoms with Crippen molar-refractivity contribution in [2.75, 3.05) is 39.3 Å². The molecular formula is C34H44N4O4. The number of ether oxygens (including phenoxy) is 1. The Morgan fingerprint density at radius 3 is 2.48 bits per heavy atom. The van der Waals surface area contributed by atoms with E-state index in [0.717, 1.165) is 82.3 Å². The number of carbonyl (C=O) groups is 2. The number of aromatic nitrogens is 2. The van der Waals surface area contributed by atoms with Gasteiger partial charge in [0.05, 0.1) is 29.5 Å². The van der Waals surface area contributed by atoms with Gasteiger partial charge in [0.25, 0.3) is 0 Å². The van der Waals surface area contributed by atoms with Crippen LogP contribution in [0.1, 0.15) is 79.8 Å². The fourth-order valence-corrected chi connectivity index (χ4v) is 7.88. The van der Waals surface area contributed by atoms with E-state index in [1.165, 1.54) is 12.0 Å². The van der Waals surface area contributed by atoms with Crippen LogP contribution >= 0.6 is 0 Å². The highest BCUT2D eigenvalue weighted by Gasteiger charge is 2.43. The van der Waals surface area contributed by atoms with E-state index in [1.807, 2.05) is 31.5 Å². The van der Waals surface area contributed by atoms with Gasteiger partial charge in [-0.05, 0) is 68.2 Å². The molecule has 224 valence electrons. The number of carboxylic acids is 1.